The van der Waals surface area contributed by atoms with Crippen molar-refractivity contribution in [3.8, 4) is 0 Å². The molecule has 0 spiro atoms. The number of nitrogens with one attached hydrogen (secondary N) is 1. The normalized spacial score (nSPS) is 11.7. The van der Waals surface area contributed by atoms with Gasteiger partial charge in [-0.2, -0.15) is 0 Å². The molecule has 1 aromatic carbocycles. The van der Waals surface area contributed by atoms with Crippen LogP contribution in [0, 0.1) is 0 Å². The highest BCUT2D eigenvalue weighted by Gasteiger charge is 2.18. The molecule has 2 aromatic rings. The van der Waals surface area contributed by atoms with Crippen LogP contribution in [0.25, 0.3) is 0 Å². The lowest BCUT2D eigenvalue weighted by molar-refractivity contribution is 0.582. The first kappa shape index (κ1) is 14.8. The zero-order valence-electron chi connectivity index (χ0n) is 9.56. The van der Waals surface area contributed by atoms with Gasteiger partial charge in [-0.1, -0.05) is 11.6 Å². The summed E-state index contributed by atoms with van der Waals surface area (Å²) >= 11 is 10.6. The van der Waals surface area contributed by atoms with E-state index in [0.717, 1.165) is 9.35 Å². The van der Waals surface area contributed by atoms with Crippen molar-refractivity contribution >= 4 is 54.6 Å². The molecule has 0 unspecified atom stereocenters. The Morgan fingerprint density at radius 1 is 1.37 bits per heavy atom. The number of benzene rings is 1. The van der Waals surface area contributed by atoms with Crippen LogP contribution in [0.15, 0.2) is 39.0 Å². The molecule has 0 fully saturated rings. The minimum absolute atomic E-state index is 0.0320. The van der Waals surface area contributed by atoms with Crippen molar-refractivity contribution in [2.45, 2.75) is 11.4 Å². The number of sulfonamides is 1. The van der Waals surface area contributed by atoms with Crippen molar-refractivity contribution in [2.75, 3.05) is 5.73 Å². The molecule has 0 aliphatic heterocycles. The number of hydrogen-bond donors (Lipinski definition) is 2. The number of nitrogen functional groups attached to an aromatic ring is 1. The molecule has 0 radical (unpaired) electrons. The van der Waals surface area contributed by atoms with Crippen LogP contribution in [0.3, 0.4) is 0 Å². The van der Waals surface area contributed by atoms with Crippen molar-refractivity contribution < 1.29 is 8.42 Å². The average molecular weight is 382 g/mol. The third kappa shape index (κ3) is 3.49. The molecule has 1 heterocycles. The molecule has 8 heteroatoms. The summed E-state index contributed by atoms with van der Waals surface area (Å²) < 4.78 is 27.6. The highest BCUT2D eigenvalue weighted by Crippen LogP contribution is 2.25. The van der Waals surface area contributed by atoms with Crippen molar-refractivity contribution in [3.63, 3.8) is 0 Å². The first-order chi connectivity index (χ1) is 8.90. The second-order valence-electron chi connectivity index (χ2n) is 3.70. The van der Waals surface area contributed by atoms with Crippen LogP contribution in [-0.4, -0.2) is 8.42 Å². The maximum atomic E-state index is 12.1. The zero-order valence-corrected chi connectivity index (χ0v) is 13.5. The molecule has 3 N–H and O–H groups in total. The van der Waals surface area contributed by atoms with E-state index in [-0.39, 0.29) is 17.1 Å². The standard InChI is InChI=1S/C11H10BrClN2O2S2/c12-8-3-4-18-10(8)6-15-19(16,17)11-2-1-7(13)5-9(11)14/h1-5,15H,6,14H2. The van der Waals surface area contributed by atoms with Crippen molar-refractivity contribution in [1.82, 2.24) is 4.72 Å². The van der Waals surface area contributed by atoms with E-state index < -0.39 is 10.0 Å². The van der Waals surface area contributed by atoms with Gasteiger partial charge in [0.05, 0.1) is 5.69 Å². The highest BCUT2D eigenvalue weighted by molar-refractivity contribution is 9.10. The first-order valence-corrected chi connectivity index (χ1v) is 8.70. The summed E-state index contributed by atoms with van der Waals surface area (Å²) in [5, 5.41) is 2.28. The predicted octanol–water partition coefficient (Wildman–Crippen LogP) is 3.22. The summed E-state index contributed by atoms with van der Waals surface area (Å²) in [5.74, 6) is 0. The van der Waals surface area contributed by atoms with Gasteiger partial charge in [0.1, 0.15) is 4.90 Å². The first-order valence-electron chi connectivity index (χ1n) is 5.17. The Balaban J connectivity index is 2.21. The van der Waals surface area contributed by atoms with E-state index in [4.69, 9.17) is 17.3 Å². The summed E-state index contributed by atoms with van der Waals surface area (Å²) in [6, 6.07) is 6.17. The molecule has 0 saturated carbocycles. The Bertz CT molecular complexity index is 700. The lowest BCUT2D eigenvalue weighted by atomic mass is 10.3. The Morgan fingerprint density at radius 3 is 2.68 bits per heavy atom. The maximum Gasteiger partial charge on any atom is 0.242 e. The second-order valence-corrected chi connectivity index (χ2v) is 7.73. The van der Waals surface area contributed by atoms with Gasteiger partial charge in [-0.3, -0.25) is 0 Å². The molecule has 1 aromatic heterocycles. The van der Waals surface area contributed by atoms with Gasteiger partial charge in [0.2, 0.25) is 10.0 Å². The van der Waals surface area contributed by atoms with Crippen molar-refractivity contribution in [1.29, 1.82) is 0 Å². The minimum atomic E-state index is -3.65. The van der Waals surface area contributed by atoms with Gasteiger partial charge in [0, 0.05) is 20.9 Å². The van der Waals surface area contributed by atoms with Crippen molar-refractivity contribution in [2.24, 2.45) is 0 Å². The van der Waals surface area contributed by atoms with Crippen LogP contribution < -0.4 is 10.5 Å². The summed E-state index contributed by atoms with van der Waals surface area (Å²) in [6.45, 7) is 0.211. The number of hydrogen-bond acceptors (Lipinski definition) is 4. The van der Waals surface area contributed by atoms with Crippen LogP contribution in [0.1, 0.15) is 4.88 Å². The molecule has 2 rings (SSSR count). The van der Waals surface area contributed by atoms with E-state index in [0.29, 0.717) is 5.02 Å². The van der Waals surface area contributed by atoms with Crippen LogP contribution >= 0.6 is 38.9 Å². The van der Waals surface area contributed by atoms with Crippen LogP contribution in [0.2, 0.25) is 5.02 Å². The Labute approximate surface area is 128 Å². The summed E-state index contributed by atoms with van der Waals surface area (Å²) in [5.41, 5.74) is 5.81. The van der Waals surface area contributed by atoms with Gasteiger partial charge in [-0.05, 0) is 45.6 Å². The summed E-state index contributed by atoms with van der Waals surface area (Å²) in [6.07, 6.45) is 0. The molecule has 102 valence electrons. The molecule has 0 aliphatic carbocycles. The molecule has 0 bridgehead atoms. The van der Waals surface area contributed by atoms with Gasteiger partial charge >= 0.3 is 0 Å². The topological polar surface area (TPSA) is 72.2 Å². The van der Waals surface area contributed by atoms with E-state index in [1.54, 1.807) is 0 Å². The Morgan fingerprint density at radius 2 is 2.11 bits per heavy atom. The number of halogens is 2. The molecular weight excluding hydrogens is 372 g/mol. The molecule has 19 heavy (non-hydrogen) atoms. The van der Waals surface area contributed by atoms with E-state index in [2.05, 4.69) is 20.7 Å². The van der Waals surface area contributed by atoms with E-state index >= 15 is 0 Å². The third-order valence-electron chi connectivity index (χ3n) is 2.38. The molecule has 0 amide bonds. The zero-order chi connectivity index (χ0) is 14.0. The fourth-order valence-corrected chi connectivity index (χ4v) is 4.26. The second kappa shape index (κ2) is 5.80. The number of rotatable bonds is 4. The van der Waals surface area contributed by atoms with Gasteiger partial charge < -0.3 is 5.73 Å². The van der Waals surface area contributed by atoms with Gasteiger partial charge in [-0.25, -0.2) is 13.1 Å². The Hall–Kier alpha value is -0.600. The van der Waals surface area contributed by atoms with Crippen LogP contribution in [0.5, 0.6) is 0 Å². The van der Waals surface area contributed by atoms with Gasteiger partial charge in [0.15, 0.2) is 0 Å². The highest BCUT2D eigenvalue weighted by atomic mass is 79.9. The quantitative estimate of drug-likeness (QED) is 0.799. The predicted molar refractivity (Wildman–Crippen MR) is 81.9 cm³/mol. The lowest BCUT2D eigenvalue weighted by Gasteiger charge is -2.08. The maximum absolute atomic E-state index is 12.1. The van der Waals surface area contributed by atoms with Gasteiger partial charge in [-0.15, -0.1) is 11.3 Å². The smallest absolute Gasteiger partial charge is 0.242 e. The van der Waals surface area contributed by atoms with Crippen molar-refractivity contribution in [3.05, 3.63) is 44.0 Å². The van der Waals surface area contributed by atoms with Crippen LogP contribution in [-0.2, 0) is 16.6 Å². The monoisotopic (exact) mass is 380 g/mol. The average Bonchev–Trinajstić information content (AvgIpc) is 2.72. The summed E-state index contributed by atoms with van der Waals surface area (Å²) in [7, 11) is -3.65. The molecule has 4 nitrogen and oxygen atoms in total. The van der Waals surface area contributed by atoms with E-state index in [1.165, 1.54) is 29.5 Å². The summed E-state index contributed by atoms with van der Waals surface area (Å²) in [4.78, 5) is 0.931. The molecular formula is C11H10BrClN2O2S2. The molecule has 0 atom stereocenters. The van der Waals surface area contributed by atoms with Crippen LogP contribution in [0.4, 0.5) is 5.69 Å². The largest absolute Gasteiger partial charge is 0.398 e. The van der Waals surface area contributed by atoms with Gasteiger partial charge in [0.25, 0.3) is 0 Å². The number of thiophene rings is 1. The molecule has 0 aliphatic rings. The third-order valence-corrected chi connectivity index (χ3v) is 6.01. The Kier molecular flexibility index (Phi) is 4.52. The van der Waals surface area contributed by atoms with E-state index in [1.807, 2.05) is 11.4 Å². The fraction of sp³-hybridized carbons (Fsp3) is 0.0909. The number of nitrogens with two attached hydrogens (primary N) is 1. The number of anilines is 1. The SMILES string of the molecule is Nc1cc(Cl)ccc1S(=O)(=O)NCc1sccc1Br. The molecule has 0 saturated heterocycles. The lowest BCUT2D eigenvalue weighted by Crippen LogP contribution is -2.23. The minimum Gasteiger partial charge on any atom is -0.398 e. The van der Waals surface area contributed by atoms with E-state index in [9.17, 15) is 8.42 Å². The fourth-order valence-electron chi connectivity index (χ4n) is 1.45.